The van der Waals surface area contributed by atoms with E-state index in [1.165, 1.54) is 0 Å². The zero-order valence-corrected chi connectivity index (χ0v) is 14.9. The van der Waals surface area contributed by atoms with Crippen molar-refractivity contribution < 1.29 is 14.7 Å². The molecule has 0 fully saturated rings. The SMILES string of the molecule is C[C@@H](Cc1ccc([C@@H](C)C(=O)O)cc1)C(=O)N[C@H](C)c1ccccc1. The molecule has 3 atom stereocenters. The lowest BCUT2D eigenvalue weighted by atomic mass is 9.95. The predicted octanol–water partition coefficient (Wildman–Crippen LogP) is 3.93. The van der Waals surface area contributed by atoms with Gasteiger partial charge in [-0.1, -0.05) is 61.5 Å². The Kier molecular flexibility index (Phi) is 6.34. The summed E-state index contributed by atoms with van der Waals surface area (Å²) in [6.45, 7) is 5.54. The highest BCUT2D eigenvalue weighted by Gasteiger charge is 2.17. The molecule has 0 bridgehead atoms. The van der Waals surface area contributed by atoms with E-state index in [0.717, 1.165) is 16.7 Å². The molecule has 0 aromatic heterocycles. The normalized spacial score (nSPS) is 14.4. The summed E-state index contributed by atoms with van der Waals surface area (Å²) in [5.41, 5.74) is 2.87. The van der Waals surface area contributed by atoms with Crippen LogP contribution in [0.25, 0.3) is 0 Å². The highest BCUT2D eigenvalue weighted by molar-refractivity contribution is 5.79. The van der Waals surface area contributed by atoms with Gasteiger partial charge in [0.1, 0.15) is 0 Å². The number of amides is 1. The maximum Gasteiger partial charge on any atom is 0.310 e. The van der Waals surface area contributed by atoms with Crippen molar-refractivity contribution in [3.05, 3.63) is 71.3 Å². The highest BCUT2D eigenvalue weighted by Crippen LogP contribution is 2.18. The van der Waals surface area contributed by atoms with E-state index in [1.54, 1.807) is 6.92 Å². The van der Waals surface area contributed by atoms with Gasteiger partial charge in [0, 0.05) is 5.92 Å². The molecule has 0 aliphatic rings. The van der Waals surface area contributed by atoms with Crippen LogP contribution in [-0.4, -0.2) is 17.0 Å². The fraction of sp³-hybridized carbons (Fsp3) is 0.333. The lowest BCUT2D eigenvalue weighted by Gasteiger charge is -2.18. The zero-order chi connectivity index (χ0) is 18.4. The van der Waals surface area contributed by atoms with Crippen molar-refractivity contribution in [1.29, 1.82) is 0 Å². The molecule has 0 unspecified atom stereocenters. The van der Waals surface area contributed by atoms with E-state index in [2.05, 4.69) is 5.32 Å². The molecule has 25 heavy (non-hydrogen) atoms. The van der Waals surface area contributed by atoms with Gasteiger partial charge >= 0.3 is 5.97 Å². The van der Waals surface area contributed by atoms with Crippen molar-refractivity contribution in [1.82, 2.24) is 5.32 Å². The fourth-order valence-electron chi connectivity index (χ4n) is 2.71. The zero-order valence-electron chi connectivity index (χ0n) is 14.9. The van der Waals surface area contributed by atoms with Crippen molar-refractivity contribution in [2.75, 3.05) is 0 Å². The maximum atomic E-state index is 12.4. The van der Waals surface area contributed by atoms with E-state index in [-0.39, 0.29) is 17.9 Å². The van der Waals surface area contributed by atoms with Gasteiger partial charge in [-0.15, -0.1) is 0 Å². The summed E-state index contributed by atoms with van der Waals surface area (Å²) in [6, 6.07) is 17.3. The first kappa shape index (κ1) is 18.7. The summed E-state index contributed by atoms with van der Waals surface area (Å²) in [6.07, 6.45) is 0.620. The van der Waals surface area contributed by atoms with Crippen molar-refractivity contribution >= 4 is 11.9 Å². The molecule has 0 saturated heterocycles. The molecule has 0 aliphatic heterocycles. The van der Waals surface area contributed by atoms with Gasteiger partial charge in [0.15, 0.2) is 0 Å². The Morgan fingerprint density at radius 1 is 0.920 bits per heavy atom. The van der Waals surface area contributed by atoms with Crippen molar-refractivity contribution in [2.24, 2.45) is 5.92 Å². The van der Waals surface area contributed by atoms with E-state index in [4.69, 9.17) is 5.11 Å². The number of rotatable bonds is 7. The minimum Gasteiger partial charge on any atom is -0.481 e. The molecule has 0 spiro atoms. The van der Waals surface area contributed by atoms with E-state index in [9.17, 15) is 9.59 Å². The van der Waals surface area contributed by atoms with Gasteiger partial charge in [0.2, 0.25) is 5.91 Å². The molecule has 4 heteroatoms. The second-order valence-electron chi connectivity index (χ2n) is 6.55. The van der Waals surface area contributed by atoms with Crippen LogP contribution in [0.15, 0.2) is 54.6 Å². The molecular formula is C21H25NO3. The predicted molar refractivity (Wildman–Crippen MR) is 98.4 cm³/mol. The van der Waals surface area contributed by atoms with E-state index in [1.807, 2.05) is 68.4 Å². The number of aliphatic carboxylic acids is 1. The molecule has 0 aliphatic carbocycles. The first-order valence-corrected chi connectivity index (χ1v) is 8.55. The van der Waals surface area contributed by atoms with Crippen LogP contribution >= 0.6 is 0 Å². The number of carbonyl (C=O) groups is 2. The van der Waals surface area contributed by atoms with Crippen LogP contribution in [0, 0.1) is 5.92 Å². The van der Waals surface area contributed by atoms with E-state index >= 15 is 0 Å². The summed E-state index contributed by atoms with van der Waals surface area (Å²) in [7, 11) is 0. The Morgan fingerprint density at radius 3 is 2.08 bits per heavy atom. The second kappa shape index (κ2) is 8.47. The third-order valence-corrected chi connectivity index (χ3v) is 4.50. The summed E-state index contributed by atoms with van der Waals surface area (Å²) in [4.78, 5) is 23.4. The molecular weight excluding hydrogens is 314 g/mol. The molecule has 4 nitrogen and oxygen atoms in total. The van der Waals surface area contributed by atoms with E-state index in [0.29, 0.717) is 6.42 Å². The van der Waals surface area contributed by atoms with Crippen molar-refractivity contribution in [3.63, 3.8) is 0 Å². The molecule has 132 valence electrons. The molecule has 0 heterocycles. The first-order valence-electron chi connectivity index (χ1n) is 8.55. The largest absolute Gasteiger partial charge is 0.481 e. The van der Waals surface area contributed by atoms with Gasteiger partial charge in [-0.3, -0.25) is 9.59 Å². The Hall–Kier alpha value is -2.62. The molecule has 2 aromatic carbocycles. The minimum absolute atomic E-state index is 0.0133. The van der Waals surface area contributed by atoms with Crippen LogP contribution in [0.1, 0.15) is 49.4 Å². The van der Waals surface area contributed by atoms with Gasteiger partial charge in [-0.05, 0) is 37.0 Å². The van der Waals surface area contributed by atoms with Crippen LogP contribution < -0.4 is 5.32 Å². The standard InChI is InChI=1S/C21H25NO3/c1-14(20(23)22-16(3)19-7-5-4-6-8-19)13-17-9-11-18(12-10-17)15(2)21(24)25/h4-12,14-16H,13H2,1-3H3,(H,22,23)(H,24,25)/t14-,15+,16+/m0/s1. The van der Waals surface area contributed by atoms with Gasteiger partial charge < -0.3 is 10.4 Å². The molecule has 2 rings (SSSR count). The third-order valence-electron chi connectivity index (χ3n) is 4.50. The van der Waals surface area contributed by atoms with Crippen molar-refractivity contribution in [2.45, 2.75) is 39.2 Å². The molecule has 0 saturated carbocycles. The second-order valence-corrected chi connectivity index (χ2v) is 6.55. The summed E-state index contributed by atoms with van der Waals surface area (Å²) < 4.78 is 0. The van der Waals surface area contributed by atoms with Crippen LogP contribution in [0.4, 0.5) is 0 Å². The van der Waals surface area contributed by atoms with Crippen LogP contribution in [0.3, 0.4) is 0 Å². The number of hydrogen-bond donors (Lipinski definition) is 2. The Labute approximate surface area is 148 Å². The fourth-order valence-corrected chi connectivity index (χ4v) is 2.71. The Morgan fingerprint density at radius 2 is 1.52 bits per heavy atom. The van der Waals surface area contributed by atoms with Gasteiger partial charge in [-0.2, -0.15) is 0 Å². The minimum atomic E-state index is -0.838. The average Bonchev–Trinajstić information content (AvgIpc) is 2.62. The topological polar surface area (TPSA) is 66.4 Å². The first-order chi connectivity index (χ1) is 11.9. The highest BCUT2D eigenvalue weighted by atomic mass is 16.4. The van der Waals surface area contributed by atoms with E-state index < -0.39 is 11.9 Å². The quantitative estimate of drug-likeness (QED) is 0.803. The Balaban J connectivity index is 1.93. The number of carboxylic acid groups (broad SMARTS) is 1. The van der Waals surface area contributed by atoms with Gasteiger partial charge in [0.25, 0.3) is 0 Å². The van der Waals surface area contributed by atoms with Crippen LogP contribution in [-0.2, 0) is 16.0 Å². The summed E-state index contributed by atoms with van der Waals surface area (Å²) in [5.74, 6) is -1.51. The van der Waals surface area contributed by atoms with Gasteiger partial charge in [-0.25, -0.2) is 0 Å². The average molecular weight is 339 g/mol. The lowest BCUT2D eigenvalue weighted by Crippen LogP contribution is -2.32. The summed E-state index contributed by atoms with van der Waals surface area (Å²) in [5, 5.41) is 12.1. The van der Waals surface area contributed by atoms with Crippen molar-refractivity contribution in [3.8, 4) is 0 Å². The smallest absolute Gasteiger partial charge is 0.310 e. The lowest BCUT2D eigenvalue weighted by molar-refractivity contribution is -0.138. The molecule has 2 N–H and O–H groups in total. The number of nitrogens with one attached hydrogen (secondary N) is 1. The number of carboxylic acids is 1. The van der Waals surface area contributed by atoms with Crippen LogP contribution in [0.5, 0.6) is 0 Å². The molecule has 0 radical (unpaired) electrons. The maximum absolute atomic E-state index is 12.4. The summed E-state index contributed by atoms with van der Waals surface area (Å²) >= 11 is 0. The monoisotopic (exact) mass is 339 g/mol. The molecule has 1 amide bonds. The number of hydrogen-bond acceptors (Lipinski definition) is 2. The molecule has 2 aromatic rings. The number of benzene rings is 2. The number of carbonyl (C=O) groups excluding carboxylic acids is 1. The Bertz CT molecular complexity index is 710. The van der Waals surface area contributed by atoms with Gasteiger partial charge in [0.05, 0.1) is 12.0 Å². The third kappa shape index (κ3) is 5.18. The van der Waals surface area contributed by atoms with Crippen LogP contribution in [0.2, 0.25) is 0 Å².